The van der Waals surface area contributed by atoms with Crippen LogP contribution in [-0.2, 0) is 11.2 Å². The average molecular weight is 233 g/mol. The molecule has 0 aromatic heterocycles. The number of nitrogens with one attached hydrogen (secondary N) is 1. The molecule has 1 amide bonds. The lowest BCUT2D eigenvalue weighted by atomic mass is 10.0. The Kier molecular flexibility index (Phi) is 5.75. The van der Waals surface area contributed by atoms with Crippen molar-refractivity contribution in [2.45, 2.75) is 46.5 Å². The van der Waals surface area contributed by atoms with E-state index in [2.05, 4.69) is 44.3 Å². The van der Waals surface area contributed by atoms with Crippen LogP contribution in [0.3, 0.4) is 0 Å². The van der Waals surface area contributed by atoms with Gasteiger partial charge in [-0.3, -0.25) is 4.79 Å². The minimum atomic E-state index is 0.165. The zero-order chi connectivity index (χ0) is 12.7. The SMILES string of the molecule is CCCCNC(=O)CCc1ccc(C)cc1C. The third-order valence-electron chi connectivity index (χ3n) is 2.97. The molecule has 0 spiro atoms. The number of hydrogen-bond donors (Lipinski definition) is 1. The number of rotatable bonds is 6. The van der Waals surface area contributed by atoms with E-state index in [4.69, 9.17) is 0 Å². The molecule has 0 unspecified atom stereocenters. The molecule has 0 fully saturated rings. The molecule has 0 radical (unpaired) electrons. The fourth-order valence-corrected chi connectivity index (χ4v) is 1.87. The maximum absolute atomic E-state index is 11.6. The minimum Gasteiger partial charge on any atom is -0.356 e. The van der Waals surface area contributed by atoms with Crippen molar-refractivity contribution in [3.8, 4) is 0 Å². The number of benzene rings is 1. The van der Waals surface area contributed by atoms with Crippen LogP contribution >= 0.6 is 0 Å². The number of carbonyl (C=O) groups excluding carboxylic acids is 1. The van der Waals surface area contributed by atoms with Gasteiger partial charge in [0, 0.05) is 13.0 Å². The van der Waals surface area contributed by atoms with E-state index in [0.29, 0.717) is 6.42 Å². The second kappa shape index (κ2) is 7.10. The smallest absolute Gasteiger partial charge is 0.220 e. The van der Waals surface area contributed by atoms with Gasteiger partial charge in [0.2, 0.25) is 5.91 Å². The highest BCUT2D eigenvalue weighted by Gasteiger charge is 2.03. The minimum absolute atomic E-state index is 0.165. The summed E-state index contributed by atoms with van der Waals surface area (Å²) in [6, 6.07) is 6.41. The zero-order valence-corrected chi connectivity index (χ0v) is 11.2. The second-order valence-corrected chi connectivity index (χ2v) is 4.63. The predicted octanol–water partition coefficient (Wildman–Crippen LogP) is 3.15. The summed E-state index contributed by atoms with van der Waals surface area (Å²) >= 11 is 0. The van der Waals surface area contributed by atoms with Crippen LogP contribution < -0.4 is 5.32 Å². The number of aryl methyl sites for hydroxylation is 3. The van der Waals surface area contributed by atoms with Gasteiger partial charge in [0.05, 0.1) is 0 Å². The normalized spacial score (nSPS) is 10.3. The van der Waals surface area contributed by atoms with Crippen LogP contribution in [-0.4, -0.2) is 12.5 Å². The third-order valence-corrected chi connectivity index (χ3v) is 2.97. The molecule has 2 nitrogen and oxygen atoms in total. The maximum Gasteiger partial charge on any atom is 0.220 e. The first-order chi connectivity index (χ1) is 8.13. The van der Waals surface area contributed by atoms with Gasteiger partial charge < -0.3 is 5.32 Å². The summed E-state index contributed by atoms with van der Waals surface area (Å²) in [4.78, 5) is 11.6. The van der Waals surface area contributed by atoms with Gasteiger partial charge in [0.15, 0.2) is 0 Å². The van der Waals surface area contributed by atoms with Crippen molar-refractivity contribution < 1.29 is 4.79 Å². The van der Waals surface area contributed by atoms with Crippen molar-refractivity contribution in [1.82, 2.24) is 5.32 Å². The Bertz CT molecular complexity index is 371. The van der Waals surface area contributed by atoms with Crippen LogP contribution in [0.2, 0.25) is 0 Å². The van der Waals surface area contributed by atoms with Crippen LogP contribution in [0.4, 0.5) is 0 Å². The molecule has 0 aliphatic heterocycles. The van der Waals surface area contributed by atoms with E-state index < -0.39 is 0 Å². The number of unbranched alkanes of at least 4 members (excludes halogenated alkanes) is 1. The molecule has 1 aromatic rings. The van der Waals surface area contributed by atoms with Crippen LogP contribution in [0.1, 0.15) is 42.9 Å². The molecule has 0 aliphatic rings. The molecule has 0 saturated carbocycles. The summed E-state index contributed by atoms with van der Waals surface area (Å²) in [6.45, 7) is 7.13. The monoisotopic (exact) mass is 233 g/mol. The largest absolute Gasteiger partial charge is 0.356 e. The first-order valence-corrected chi connectivity index (χ1v) is 6.46. The fraction of sp³-hybridized carbons (Fsp3) is 0.533. The van der Waals surface area contributed by atoms with Crippen LogP contribution in [0.25, 0.3) is 0 Å². The molecule has 94 valence electrons. The van der Waals surface area contributed by atoms with Crippen LogP contribution in [0.15, 0.2) is 18.2 Å². The van der Waals surface area contributed by atoms with Crippen molar-refractivity contribution in [3.05, 3.63) is 34.9 Å². The molecule has 0 bridgehead atoms. The number of hydrogen-bond acceptors (Lipinski definition) is 1. The van der Waals surface area contributed by atoms with E-state index >= 15 is 0 Å². The van der Waals surface area contributed by atoms with E-state index in [0.717, 1.165) is 25.8 Å². The lowest BCUT2D eigenvalue weighted by Gasteiger charge is -2.07. The quantitative estimate of drug-likeness (QED) is 0.751. The van der Waals surface area contributed by atoms with Gasteiger partial charge in [-0.25, -0.2) is 0 Å². The molecule has 0 atom stereocenters. The number of carbonyl (C=O) groups is 1. The standard InChI is InChI=1S/C15H23NO/c1-4-5-10-16-15(17)9-8-14-7-6-12(2)11-13(14)3/h6-7,11H,4-5,8-10H2,1-3H3,(H,16,17). The Morgan fingerprint density at radius 3 is 2.71 bits per heavy atom. The topological polar surface area (TPSA) is 29.1 Å². The van der Waals surface area contributed by atoms with Crippen LogP contribution in [0.5, 0.6) is 0 Å². The highest BCUT2D eigenvalue weighted by molar-refractivity contribution is 5.76. The van der Waals surface area contributed by atoms with Crippen molar-refractivity contribution in [3.63, 3.8) is 0 Å². The summed E-state index contributed by atoms with van der Waals surface area (Å²) in [5.74, 6) is 0.165. The third kappa shape index (κ3) is 5.03. The van der Waals surface area contributed by atoms with Gasteiger partial charge in [-0.05, 0) is 37.8 Å². The Morgan fingerprint density at radius 2 is 2.06 bits per heavy atom. The highest BCUT2D eigenvalue weighted by Crippen LogP contribution is 2.12. The Balaban J connectivity index is 2.37. The lowest BCUT2D eigenvalue weighted by Crippen LogP contribution is -2.24. The Morgan fingerprint density at radius 1 is 1.29 bits per heavy atom. The molecule has 0 aliphatic carbocycles. The van der Waals surface area contributed by atoms with Crippen molar-refractivity contribution in [2.75, 3.05) is 6.54 Å². The fourth-order valence-electron chi connectivity index (χ4n) is 1.87. The maximum atomic E-state index is 11.6. The van der Waals surface area contributed by atoms with Gasteiger partial charge in [0.1, 0.15) is 0 Å². The molecule has 1 rings (SSSR count). The molecule has 17 heavy (non-hydrogen) atoms. The first-order valence-electron chi connectivity index (χ1n) is 6.46. The molecular weight excluding hydrogens is 210 g/mol. The summed E-state index contributed by atoms with van der Waals surface area (Å²) in [7, 11) is 0. The van der Waals surface area contributed by atoms with Gasteiger partial charge in [0.25, 0.3) is 0 Å². The van der Waals surface area contributed by atoms with E-state index in [9.17, 15) is 4.79 Å². The molecule has 0 heterocycles. The molecule has 0 saturated heterocycles. The van der Waals surface area contributed by atoms with Gasteiger partial charge in [-0.2, -0.15) is 0 Å². The molecule has 1 aromatic carbocycles. The summed E-state index contributed by atoms with van der Waals surface area (Å²) in [5, 5.41) is 2.95. The summed E-state index contributed by atoms with van der Waals surface area (Å²) in [5.41, 5.74) is 3.84. The first kappa shape index (κ1) is 13.8. The highest BCUT2D eigenvalue weighted by atomic mass is 16.1. The molecule has 1 N–H and O–H groups in total. The van der Waals surface area contributed by atoms with Gasteiger partial charge in [-0.15, -0.1) is 0 Å². The zero-order valence-electron chi connectivity index (χ0n) is 11.2. The lowest BCUT2D eigenvalue weighted by molar-refractivity contribution is -0.121. The van der Waals surface area contributed by atoms with E-state index in [1.807, 2.05) is 0 Å². The molecule has 2 heteroatoms. The number of amides is 1. The van der Waals surface area contributed by atoms with Gasteiger partial charge >= 0.3 is 0 Å². The summed E-state index contributed by atoms with van der Waals surface area (Å²) in [6.07, 6.45) is 3.62. The second-order valence-electron chi connectivity index (χ2n) is 4.63. The van der Waals surface area contributed by atoms with E-state index in [-0.39, 0.29) is 5.91 Å². The van der Waals surface area contributed by atoms with Gasteiger partial charge in [-0.1, -0.05) is 37.1 Å². The Labute approximate surface area is 104 Å². The van der Waals surface area contributed by atoms with Crippen LogP contribution in [0, 0.1) is 13.8 Å². The van der Waals surface area contributed by atoms with Crippen molar-refractivity contribution >= 4 is 5.91 Å². The van der Waals surface area contributed by atoms with Crippen molar-refractivity contribution in [2.24, 2.45) is 0 Å². The molecular formula is C15H23NO. The van der Waals surface area contributed by atoms with E-state index in [1.165, 1.54) is 16.7 Å². The average Bonchev–Trinajstić information content (AvgIpc) is 2.28. The Hall–Kier alpha value is -1.31. The summed E-state index contributed by atoms with van der Waals surface area (Å²) < 4.78 is 0. The van der Waals surface area contributed by atoms with E-state index in [1.54, 1.807) is 0 Å². The van der Waals surface area contributed by atoms with Crippen molar-refractivity contribution in [1.29, 1.82) is 0 Å². The predicted molar refractivity (Wildman–Crippen MR) is 72.2 cm³/mol.